The van der Waals surface area contributed by atoms with E-state index in [-0.39, 0.29) is 30.6 Å². The molecule has 4 rings (SSSR count). The van der Waals surface area contributed by atoms with Crippen LogP contribution in [0.15, 0.2) is 22.7 Å². The first kappa shape index (κ1) is 30.7. The van der Waals surface area contributed by atoms with E-state index in [9.17, 15) is 13.2 Å². The van der Waals surface area contributed by atoms with Gasteiger partial charge in [0, 0.05) is 29.2 Å². The normalized spacial score (nSPS) is 21.5. The van der Waals surface area contributed by atoms with Crippen molar-refractivity contribution >= 4 is 52.5 Å². The summed E-state index contributed by atoms with van der Waals surface area (Å²) in [5.74, 6) is 2.57. The minimum atomic E-state index is -4.71. The Morgan fingerprint density at radius 2 is 1.83 bits per heavy atom. The summed E-state index contributed by atoms with van der Waals surface area (Å²) in [5, 5.41) is 6.56. The highest BCUT2D eigenvalue weighted by molar-refractivity contribution is 9.10. The monoisotopic (exact) mass is 613 g/mol. The molecule has 0 saturated heterocycles. The van der Waals surface area contributed by atoms with E-state index in [2.05, 4.69) is 41.3 Å². The lowest BCUT2D eigenvalue weighted by atomic mass is 9.69. The van der Waals surface area contributed by atoms with Crippen molar-refractivity contribution < 1.29 is 17.9 Å². The van der Waals surface area contributed by atoms with Crippen LogP contribution in [0.4, 0.5) is 24.9 Å². The number of anilines is 2. The summed E-state index contributed by atoms with van der Waals surface area (Å²) >= 11 is 3.21. The first-order valence-corrected chi connectivity index (χ1v) is 12.6. The topological polar surface area (TPSA) is 85.1 Å². The number of rotatable bonds is 7. The molecule has 0 bridgehead atoms. The molecule has 2 aliphatic rings. The lowest BCUT2D eigenvalue weighted by molar-refractivity contribution is -0.274. The number of ether oxygens (including phenoxy) is 1. The van der Waals surface area contributed by atoms with Gasteiger partial charge in [-0.3, -0.25) is 0 Å². The van der Waals surface area contributed by atoms with Crippen molar-refractivity contribution in [1.82, 2.24) is 15.3 Å². The van der Waals surface area contributed by atoms with E-state index in [0.29, 0.717) is 40.3 Å². The molecule has 2 aliphatic carbocycles. The summed E-state index contributed by atoms with van der Waals surface area (Å²) in [6, 6.07) is 4.74. The van der Waals surface area contributed by atoms with E-state index in [1.807, 2.05) is 7.05 Å². The summed E-state index contributed by atoms with van der Waals surface area (Å²) in [6.45, 7) is 1.11. The molecule has 1 heterocycles. The van der Waals surface area contributed by atoms with E-state index >= 15 is 0 Å². The Morgan fingerprint density at radius 1 is 1.11 bits per heavy atom. The van der Waals surface area contributed by atoms with E-state index in [1.165, 1.54) is 11.6 Å². The zero-order valence-corrected chi connectivity index (χ0v) is 23.3. The number of nitrogen functional groups attached to an aromatic ring is 1. The van der Waals surface area contributed by atoms with Gasteiger partial charge in [-0.2, -0.15) is 4.98 Å². The minimum Gasteiger partial charge on any atom is -0.405 e. The highest BCUT2D eigenvalue weighted by atomic mass is 79.9. The number of nitrogens with zero attached hydrogens (tertiary/aromatic N) is 2. The molecular weight excluding hydrogens is 582 g/mol. The molecule has 0 amide bonds. The molecule has 1 aromatic carbocycles. The molecule has 1 saturated carbocycles. The Bertz CT molecular complexity index is 989. The smallest absolute Gasteiger partial charge is 0.405 e. The van der Waals surface area contributed by atoms with Gasteiger partial charge in [-0.25, -0.2) is 4.98 Å². The highest BCUT2D eigenvalue weighted by Gasteiger charge is 2.35. The number of aryl methyl sites for hydroxylation is 1. The highest BCUT2D eigenvalue weighted by Crippen LogP contribution is 2.46. The van der Waals surface area contributed by atoms with Crippen molar-refractivity contribution in [2.75, 3.05) is 24.6 Å². The van der Waals surface area contributed by atoms with E-state index in [0.717, 1.165) is 63.0 Å². The number of hydrogen-bond acceptors (Lipinski definition) is 6. The second kappa shape index (κ2) is 13.3. The van der Waals surface area contributed by atoms with Crippen LogP contribution in [-0.2, 0) is 13.0 Å². The maximum atomic E-state index is 12.7. The van der Waals surface area contributed by atoms with Crippen LogP contribution in [-0.4, -0.2) is 29.9 Å². The van der Waals surface area contributed by atoms with E-state index < -0.39 is 6.36 Å². The summed E-state index contributed by atoms with van der Waals surface area (Å²) in [7, 11) is 1.88. The summed E-state index contributed by atoms with van der Waals surface area (Å²) in [5.41, 5.74) is 8.73. The fraction of sp³-hybridized carbons (Fsp3) is 0.583. The van der Waals surface area contributed by atoms with Crippen LogP contribution in [0.3, 0.4) is 0 Å². The molecule has 1 unspecified atom stereocenters. The maximum Gasteiger partial charge on any atom is 0.573 e. The van der Waals surface area contributed by atoms with Crippen LogP contribution in [0, 0.1) is 11.8 Å². The molecule has 12 heteroatoms. The van der Waals surface area contributed by atoms with Crippen molar-refractivity contribution in [2.24, 2.45) is 11.8 Å². The summed E-state index contributed by atoms with van der Waals surface area (Å²) in [6.07, 6.45) is 2.96. The average molecular weight is 615 g/mol. The molecule has 0 radical (unpaired) electrons. The minimum absolute atomic E-state index is 0. The van der Waals surface area contributed by atoms with Crippen molar-refractivity contribution in [2.45, 2.75) is 63.8 Å². The SMILES string of the molecule is CNc1nc(N)nc2c1C([C@H]1CC[C@@H](CNCc3ccc(Br)cc3OC(F)(F)F)CC1)CCC2.Cl.Cl. The van der Waals surface area contributed by atoms with Crippen LogP contribution < -0.4 is 21.1 Å². The average Bonchev–Trinajstić information content (AvgIpc) is 2.79. The Hall–Kier alpha value is -1.49. The van der Waals surface area contributed by atoms with Crippen molar-refractivity contribution in [1.29, 1.82) is 0 Å². The standard InChI is InChI=1S/C24H31BrF3N5O.2ClH/c1-30-22-21-18(3-2-4-19(21)32-23(29)33-22)15-7-5-14(6-8-15)12-31-13-16-9-10-17(25)11-20(16)34-24(26,27)28;;/h9-11,14-15,18,31H,2-8,12-13H2,1H3,(H3,29,30,32,33);2*1H/t14-,15+,18?;;. The molecule has 1 aromatic heterocycles. The van der Waals surface area contributed by atoms with Crippen LogP contribution in [0.5, 0.6) is 5.75 Å². The molecule has 0 spiro atoms. The fourth-order valence-corrected chi connectivity index (χ4v) is 5.85. The van der Waals surface area contributed by atoms with Gasteiger partial charge in [0.15, 0.2) is 0 Å². The summed E-state index contributed by atoms with van der Waals surface area (Å²) in [4.78, 5) is 8.95. The van der Waals surface area contributed by atoms with Gasteiger partial charge >= 0.3 is 6.36 Å². The first-order chi connectivity index (χ1) is 16.2. The molecule has 36 heavy (non-hydrogen) atoms. The lowest BCUT2D eigenvalue weighted by Gasteiger charge is -2.37. The quantitative estimate of drug-likeness (QED) is 0.325. The third kappa shape index (κ3) is 7.76. The first-order valence-electron chi connectivity index (χ1n) is 11.8. The number of hydrogen-bond donors (Lipinski definition) is 3. The van der Waals surface area contributed by atoms with Gasteiger partial charge in [0.1, 0.15) is 11.6 Å². The second-order valence-electron chi connectivity index (χ2n) is 9.25. The molecule has 6 nitrogen and oxygen atoms in total. The van der Waals surface area contributed by atoms with Crippen molar-refractivity contribution in [3.8, 4) is 5.75 Å². The lowest BCUT2D eigenvalue weighted by Crippen LogP contribution is -2.30. The predicted molar refractivity (Wildman–Crippen MR) is 144 cm³/mol. The molecule has 1 atom stereocenters. The van der Waals surface area contributed by atoms with E-state index in [4.69, 9.17) is 5.73 Å². The van der Waals surface area contributed by atoms with Crippen LogP contribution in [0.2, 0.25) is 0 Å². The van der Waals surface area contributed by atoms with Gasteiger partial charge < -0.3 is 21.1 Å². The fourth-order valence-electron chi connectivity index (χ4n) is 5.51. The van der Waals surface area contributed by atoms with Gasteiger partial charge in [-0.05, 0) is 81.4 Å². The Labute approximate surface area is 230 Å². The van der Waals surface area contributed by atoms with Crippen LogP contribution in [0.25, 0.3) is 0 Å². The van der Waals surface area contributed by atoms with Gasteiger partial charge in [0.25, 0.3) is 0 Å². The number of halogens is 6. The number of fused-ring (bicyclic) bond motifs is 1. The summed E-state index contributed by atoms with van der Waals surface area (Å²) < 4.78 is 43.0. The zero-order chi connectivity index (χ0) is 24.3. The van der Waals surface area contributed by atoms with Gasteiger partial charge in [0.05, 0.1) is 5.69 Å². The predicted octanol–water partition coefficient (Wildman–Crippen LogP) is 6.62. The van der Waals surface area contributed by atoms with Crippen LogP contribution >= 0.6 is 40.7 Å². The Kier molecular flexibility index (Phi) is 11.4. The zero-order valence-electron chi connectivity index (χ0n) is 20.0. The molecule has 4 N–H and O–H groups in total. The van der Waals surface area contributed by atoms with Gasteiger partial charge in [-0.15, -0.1) is 38.0 Å². The van der Waals surface area contributed by atoms with E-state index in [1.54, 1.807) is 12.1 Å². The molecule has 202 valence electrons. The number of aromatic nitrogens is 2. The Morgan fingerprint density at radius 3 is 2.50 bits per heavy atom. The molecule has 0 aliphatic heterocycles. The molecular formula is C24H33BrCl2F3N5O. The van der Waals surface area contributed by atoms with Gasteiger partial charge in [0.2, 0.25) is 5.95 Å². The molecule has 1 fully saturated rings. The largest absolute Gasteiger partial charge is 0.573 e. The number of nitrogens with one attached hydrogen (secondary N) is 2. The number of alkyl halides is 3. The third-order valence-corrected chi connectivity index (χ3v) is 7.54. The number of nitrogens with two attached hydrogens (primary N) is 1. The second-order valence-corrected chi connectivity index (χ2v) is 10.2. The van der Waals surface area contributed by atoms with Gasteiger partial charge in [-0.1, -0.05) is 22.0 Å². The number of benzene rings is 1. The van der Waals surface area contributed by atoms with Crippen molar-refractivity contribution in [3.05, 3.63) is 39.5 Å². The third-order valence-electron chi connectivity index (χ3n) is 7.04. The van der Waals surface area contributed by atoms with Crippen molar-refractivity contribution in [3.63, 3.8) is 0 Å². The molecule has 2 aromatic rings. The maximum absolute atomic E-state index is 12.7. The van der Waals surface area contributed by atoms with Crippen LogP contribution in [0.1, 0.15) is 61.3 Å². The Balaban J connectivity index is 0.00000228.